The molecule has 1 spiro atoms. The third kappa shape index (κ3) is 5.22. The van der Waals surface area contributed by atoms with Gasteiger partial charge in [-0.15, -0.1) is 11.8 Å². The predicted octanol–water partition coefficient (Wildman–Crippen LogP) is 3.78. The molecule has 1 saturated heterocycles. The first kappa shape index (κ1) is 21.5. The number of anilines is 1. The maximum atomic E-state index is 12.5. The van der Waals surface area contributed by atoms with E-state index in [9.17, 15) is 4.79 Å². The quantitative estimate of drug-likeness (QED) is 0.545. The van der Waals surface area contributed by atoms with Gasteiger partial charge in [0.1, 0.15) is 0 Å². The molecular formula is C22H35N3O2S. The van der Waals surface area contributed by atoms with Crippen LogP contribution in [0.25, 0.3) is 0 Å². The van der Waals surface area contributed by atoms with Crippen LogP contribution < -0.4 is 16.4 Å². The largest absolute Gasteiger partial charge is 0.383 e. The molecule has 6 heteroatoms. The predicted molar refractivity (Wildman–Crippen MR) is 117 cm³/mol. The molecule has 156 valence electrons. The van der Waals surface area contributed by atoms with E-state index in [-0.39, 0.29) is 5.91 Å². The van der Waals surface area contributed by atoms with Gasteiger partial charge in [-0.2, -0.15) is 0 Å². The van der Waals surface area contributed by atoms with Crippen LogP contribution in [0.15, 0.2) is 29.2 Å². The summed E-state index contributed by atoms with van der Waals surface area (Å²) in [5, 5.41) is 6.95. The lowest BCUT2D eigenvalue weighted by atomic mass is 9.77. The van der Waals surface area contributed by atoms with Crippen LogP contribution in [0.3, 0.4) is 0 Å². The van der Waals surface area contributed by atoms with Crippen molar-refractivity contribution < 1.29 is 9.53 Å². The Morgan fingerprint density at radius 1 is 1.25 bits per heavy atom. The van der Waals surface area contributed by atoms with Crippen LogP contribution >= 0.6 is 11.8 Å². The number of ether oxygens (including phenoxy) is 1. The fourth-order valence-electron chi connectivity index (χ4n) is 4.59. The number of thioether (sulfide) groups is 1. The zero-order valence-electron chi connectivity index (χ0n) is 17.3. The van der Waals surface area contributed by atoms with Crippen LogP contribution in [0.5, 0.6) is 0 Å². The Morgan fingerprint density at radius 3 is 2.61 bits per heavy atom. The Bertz CT molecular complexity index is 646. The summed E-state index contributed by atoms with van der Waals surface area (Å²) < 4.78 is 4.96. The number of carbonyl (C=O) groups is 1. The monoisotopic (exact) mass is 405 g/mol. The van der Waals surface area contributed by atoms with Gasteiger partial charge in [-0.05, 0) is 95.1 Å². The van der Waals surface area contributed by atoms with Gasteiger partial charge in [0, 0.05) is 29.8 Å². The minimum absolute atomic E-state index is 0.153. The Kier molecular flexibility index (Phi) is 7.29. The van der Waals surface area contributed by atoms with Crippen molar-refractivity contribution in [3.05, 3.63) is 24.3 Å². The number of benzene rings is 1. The van der Waals surface area contributed by atoms with Crippen LogP contribution in [0.2, 0.25) is 0 Å². The summed E-state index contributed by atoms with van der Waals surface area (Å²) in [7, 11) is 0. The number of amides is 1. The van der Waals surface area contributed by atoms with E-state index in [1.165, 1.54) is 0 Å². The van der Waals surface area contributed by atoms with Gasteiger partial charge < -0.3 is 21.1 Å². The molecule has 2 unspecified atom stereocenters. The van der Waals surface area contributed by atoms with Crippen molar-refractivity contribution in [1.82, 2.24) is 5.32 Å². The Balaban J connectivity index is 1.61. The molecule has 1 aliphatic heterocycles. The molecule has 2 aliphatic rings. The van der Waals surface area contributed by atoms with Crippen molar-refractivity contribution in [2.75, 3.05) is 31.6 Å². The van der Waals surface area contributed by atoms with E-state index >= 15 is 0 Å². The van der Waals surface area contributed by atoms with E-state index in [2.05, 4.69) is 41.8 Å². The standard InChI is InChI=1S/C22H35N3O2S/c1-3-27-15-8-17(2)25-18-4-6-19(7-5-18)28-22(20(23)26)10-9-21(16-22)11-13-24-14-12-21/h4-7,17,24-25H,3,8-16H2,1-2H3,(H2,23,26). The molecule has 1 aromatic carbocycles. The van der Waals surface area contributed by atoms with E-state index in [1.54, 1.807) is 11.8 Å². The molecule has 2 fully saturated rings. The normalized spacial score (nSPS) is 24.9. The lowest BCUT2D eigenvalue weighted by Crippen LogP contribution is -2.42. The second-order valence-electron chi connectivity index (χ2n) is 8.44. The highest BCUT2D eigenvalue weighted by atomic mass is 32.2. The van der Waals surface area contributed by atoms with Crippen molar-refractivity contribution in [2.24, 2.45) is 11.1 Å². The zero-order valence-corrected chi connectivity index (χ0v) is 18.1. The number of hydrogen-bond donors (Lipinski definition) is 3. The maximum absolute atomic E-state index is 12.5. The van der Waals surface area contributed by atoms with Crippen molar-refractivity contribution in [1.29, 1.82) is 0 Å². The fraction of sp³-hybridized carbons (Fsp3) is 0.682. The number of nitrogens with one attached hydrogen (secondary N) is 2. The van der Waals surface area contributed by atoms with Gasteiger partial charge in [0.15, 0.2) is 0 Å². The first-order chi connectivity index (χ1) is 13.5. The Labute approximate surface area is 173 Å². The van der Waals surface area contributed by atoms with Crippen LogP contribution in [0.4, 0.5) is 5.69 Å². The molecule has 3 rings (SSSR count). The highest BCUT2D eigenvalue weighted by Gasteiger charge is 2.52. The smallest absolute Gasteiger partial charge is 0.234 e. The first-order valence-electron chi connectivity index (χ1n) is 10.6. The molecule has 1 saturated carbocycles. The van der Waals surface area contributed by atoms with Gasteiger partial charge in [0.05, 0.1) is 4.75 Å². The van der Waals surface area contributed by atoms with Crippen molar-refractivity contribution in [2.45, 2.75) is 68.1 Å². The van der Waals surface area contributed by atoms with Gasteiger partial charge >= 0.3 is 0 Å². The molecule has 0 bridgehead atoms. The topological polar surface area (TPSA) is 76.4 Å². The number of hydrogen-bond acceptors (Lipinski definition) is 5. The van der Waals surface area contributed by atoms with E-state index in [0.29, 0.717) is 11.5 Å². The fourth-order valence-corrected chi connectivity index (χ4v) is 5.99. The minimum atomic E-state index is -0.461. The van der Waals surface area contributed by atoms with Crippen LogP contribution in [0.1, 0.15) is 52.4 Å². The van der Waals surface area contributed by atoms with Crippen LogP contribution in [-0.4, -0.2) is 43.0 Å². The maximum Gasteiger partial charge on any atom is 0.234 e. The summed E-state index contributed by atoms with van der Waals surface area (Å²) in [5.41, 5.74) is 7.32. The van der Waals surface area contributed by atoms with Crippen LogP contribution in [0, 0.1) is 5.41 Å². The molecule has 2 atom stereocenters. The average molecular weight is 406 g/mol. The summed E-state index contributed by atoms with van der Waals surface area (Å²) in [6, 6.07) is 8.78. The minimum Gasteiger partial charge on any atom is -0.383 e. The van der Waals surface area contributed by atoms with E-state index in [1.807, 2.05) is 6.92 Å². The van der Waals surface area contributed by atoms with Crippen molar-refractivity contribution in [3.8, 4) is 0 Å². The van der Waals surface area contributed by atoms with Gasteiger partial charge in [0.2, 0.25) is 5.91 Å². The molecule has 0 aromatic heterocycles. The van der Waals surface area contributed by atoms with E-state index < -0.39 is 4.75 Å². The number of nitrogens with two attached hydrogens (primary N) is 1. The summed E-state index contributed by atoms with van der Waals surface area (Å²) >= 11 is 1.68. The van der Waals surface area contributed by atoms with E-state index in [0.717, 1.165) is 75.4 Å². The first-order valence-corrected chi connectivity index (χ1v) is 11.4. The molecule has 4 N–H and O–H groups in total. The molecule has 1 amide bonds. The van der Waals surface area contributed by atoms with Crippen molar-refractivity contribution in [3.63, 3.8) is 0 Å². The van der Waals surface area contributed by atoms with Gasteiger partial charge in [-0.25, -0.2) is 0 Å². The molecule has 28 heavy (non-hydrogen) atoms. The van der Waals surface area contributed by atoms with Gasteiger partial charge in [-0.1, -0.05) is 0 Å². The molecule has 5 nitrogen and oxygen atoms in total. The number of primary amides is 1. The van der Waals surface area contributed by atoms with E-state index in [4.69, 9.17) is 10.5 Å². The second kappa shape index (κ2) is 9.51. The van der Waals surface area contributed by atoms with Gasteiger partial charge in [-0.3, -0.25) is 4.79 Å². The third-order valence-electron chi connectivity index (χ3n) is 6.31. The highest BCUT2D eigenvalue weighted by molar-refractivity contribution is 8.01. The summed E-state index contributed by atoms with van der Waals surface area (Å²) in [6.07, 6.45) is 6.21. The lowest BCUT2D eigenvalue weighted by Gasteiger charge is -2.36. The Hall–Kier alpha value is -1.24. The number of piperidine rings is 1. The number of rotatable bonds is 9. The Morgan fingerprint density at radius 2 is 1.96 bits per heavy atom. The molecule has 0 radical (unpaired) electrons. The highest BCUT2D eigenvalue weighted by Crippen LogP contribution is 2.56. The third-order valence-corrected chi connectivity index (χ3v) is 7.76. The molecule has 1 aromatic rings. The zero-order chi connectivity index (χ0) is 20.0. The van der Waals surface area contributed by atoms with Crippen molar-refractivity contribution >= 4 is 23.4 Å². The van der Waals surface area contributed by atoms with Crippen LogP contribution in [-0.2, 0) is 9.53 Å². The molecule has 1 aliphatic carbocycles. The second-order valence-corrected chi connectivity index (χ2v) is 9.90. The summed E-state index contributed by atoms with van der Waals surface area (Å²) in [6.45, 7) is 7.84. The lowest BCUT2D eigenvalue weighted by molar-refractivity contribution is -0.120. The molecule has 1 heterocycles. The number of carbonyl (C=O) groups excluding carboxylic acids is 1. The SMILES string of the molecule is CCOCCC(C)Nc1ccc(SC2(C(N)=O)CCC3(CCNCC3)C2)cc1. The summed E-state index contributed by atoms with van der Waals surface area (Å²) in [5.74, 6) is -0.153. The average Bonchev–Trinajstić information content (AvgIpc) is 3.03. The molecular weight excluding hydrogens is 370 g/mol. The summed E-state index contributed by atoms with van der Waals surface area (Å²) in [4.78, 5) is 13.6. The van der Waals surface area contributed by atoms with Gasteiger partial charge in [0.25, 0.3) is 0 Å².